The van der Waals surface area contributed by atoms with E-state index in [1.54, 1.807) is 36.4 Å². The maximum absolute atomic E-state index is 13.6. The normalized spacial score (nSPS) is 11.6. The van der Waals surface area contributed by atoms with Crippen LogP contribution in [-0.4, -0.2) is 38.8 Å². The first kappa shape index (κ1) is 29.5. The van der Waals surface area contributed by atoms with Crippen LogP contribution in [0.25, 0.3) is 5.69 Å². The molecule has 0 bridgehead atoms. The van der Waals surface area contributed by atoms with Crippen LogP contribution in [-0.2, 0) is 14.8 Å². The number of anilines is 1. The van der Waals surface area contributed by atoms with Crippen molar-refractivity contribution < 1.29 is 17.9 Å². The fraction of sp³-hybridized carbons (Fsp3) is 0.143. The van der Waals surface area contributed by atoms with Crippen molar-refractivity contribution in [2.75, 3.05) is 18.0 Å². The van der Waals surface area contributed by atoms with Gasteiger partial charge in [0.2, 0.25) is 0 Å². The van der Waals surface area contributed by atoms with Gasteiger partial charge >= 0.3 is 0 Å². The molecule has 0 fully saturated rings. The van der Waals surface area contributed by atoms with E-state index in [0.717, 1.165) is 26.9 Å². The summed E-state index contributed by atoms with van der Waals surface area (Å²) in [6, 6.07) is 19.5. The monoisotopic (exact) mass is 618 g/mol. The predicted octanol–water partition coefficient (Wildman–Crippen LogP) is 6.41. The fourth-order valence-corrected chi connectivity index (χ4v) is 6.06. The van der Waals surface area contributed by atoms with Crippen LogP contribution in [0.1, 0.15) is 17.0 Å². The summed E-state index contributed by atoms with van der Waals surface area (Å²) >= 11 is 18.4. The van der Waals surface area contributed by atoms with E-state index in [4.69, 9.17) is 39.5 Å². The Balaban J connectivity index is 1.59. The molecule has 208 valence electrons. The highest BCUT2D eigenvalue weighted by Gasteiger charge is 2.29. The molecular formula is C28H25Cl3N4O4S. The quantitative estimate of drug-likeness (QED) is 0.173. The number of ether oxygens (including phenoxy) is 1. The van der Waals surface area contributed by atoms with E-state index in [9.17, 15) is 13.2 Å². The van der Waals surface area contributed by atoms with Crippen molar-refractivity contribution in [2.24, 2.45) is 5.10 Å². The van der Waals surface area contributed by atoms with Gasteiger partial charge in [0.05, 0.1) is 34.0 Å². The molecule has 0 radical (unpaired) electrons. The molecule has 0 saturated heterocycles. The Morgan fingerprint density at radius 2 is 1.73 bits per heavy atom. The van der Waals surface area contributed by atoms with E-state index in [-0.39, 0.29) is 21.4 Å². The van der Waals surface area contributed by atoms with Crippen LogP contribution in [0.4, 0.5) is 5.69 Å². The van der Waals surface area contributed by atoms with Crippen molar-refractivity contribution in [1.29, 1.82) is 0 Å². The molecule has 0 aliphatic heterocycles. The molecule has 4 rings (SSSR count). The van der Waals surface area contributed by atoms with Gasteiger partial charge in [-0.15, -0.1) is 0 Å². The lowest BCUT2D eigenvalue weighted by atomic mass is 10.2. The number of nitrogens with one attached hydrogen (secondary N) is 1. The molecule has 1 amide bonds. The third kappa shape index (κ3) is 6.28. The maximum Gasteiger partial charge on any atom is 0.264 e. The largest absolute Gasteiger partial charge is 0.495 e. The molecule has 1 aromatic heterocycles. The second-order valence-electron chi connectivity index (χ2n) is 8.69. The molecule has 3 aromatic carbocycles. The SMILES string of the molecule is COc1ccc(Cl)cc1N(CC(=O)N/N=C\c1cc(C)n(-c2ccc(Cl)c(Cl)c2)c1C)S(=O)(=O)c1ccccc1. The lowest BCUT2D eigenvalue weighted by molar-refractivity contribution is -0.119. The summed E-state index contributed by atoms with van der Waals surface area (Å²) in [7, 11) is -2.76. The van der Waals surface area contributed by atoms with Gasteiger partial charge in [-0.05, 0) is 68.4 Å². The zero-order chi connectivity index (χ0) is 29.0. The maximum atomic E-state index is 13.6. The van der Waals surface area contributed by atoms with Gasteiger partial charge in [0.1, 0.15) is 12.3 Å². The van der Waals surface area contributed by atoms with E-state index in [1.807, 2.05) is 30.5 Å². The lowest BCUT2D eigenvalue weighted by Crippen LogP contribution is -2.39. The number of carbonyl (C=O) groups is 1. The highest BCUT2D eigenvalue weighted by molar-refractivity contribution is 7.92. The van der Waals surface area contributed by atoms with E-state index in [1.165, 1.54) is 37.6 Å². The van der Waals surface area contributed by atoms with Crippen LogP contribution in [0.15, 0.2) is 82.8 Å². The highest BCUT2D eigenvalue weighted by atomic mass is 35.5. The Bertz CT molecular complexity index is 1690. The molecule has 0 spiro atoms. The number of carbonyl (C=O) groups excluding carboxylic acids is 1. The number of aromatic nitrogens is 1. The zero-order valence-corrected chi connectivity index (χ0v) is 24.8. The Hall–Kier alpha value is -3.50. The zero-order valence-electron chi connectivity index (χ0n) is 21.7. The molecule has 0 atom stereocenters. The number of sulfonamides is 1. The molecular weight excluding hydrogens is 595 g/mol. The predicted molar refractivity (Wildman–Crippen MR) is 160 cm³/mol. The van der Waals surface area contributed by atoms with E-state index < -0.39 is 22.5 Å². The van der Waals surface area contributed by atoms with Crippen molar-refractivity contribution in [2.45, 2.75) is 18.7 Å². The standard InChI is InChI=1S/C28H25Cl3N4O4S/c1-18-13-20(19(2)35(18)22-10-11-24(30)25(31)15-22)16-32-33-28(36)17-34(26-14-21(29)9-12-27(26)39-3)40(37,38)23-7-5-4-6-8-23/h4-16H,17H2,1-3H3,(H,33,36)/b32-16-. The number of halogens is 3. The number of hydrazone groups is 1. The van der Waals surface area contributed by atoms with E-state index in [2.05, 4.69) is 10.5 Å². The Morgan fingerprint density at radius 3 is 2.40 bits per heavy atom. The summed E-state index contributed by atoms with van der Waals surface area (Å²) in [5.41, 5.74) is 5.87. The van der Waals surface area contributed by atoms with Crippen LogP contribution in [0.5, 0.6) is 5.75 Å². The van der Waals surface area contributed by atoms with Gasteiger partial charge in [-0.1, -0.05) is 53.0 Å². The van der Waals surface area contributed by atoms with Crippen molar-refractivity contribution >= 4 is 62.6 Å². The number of rotatable bonds is 9. The van der Waals surface area contributed by atoms with Gasteiger partial charge in [0.25, 0.3) is 15.9 Å². The Kier molecular flexibility index (Phi) is 9.10. The molecule has 0 aliphatic rings. The average Bonchev–Trinajstić information content (AvgIpc) is 3.21. The highest BCUT2D eigenvalue weighted by Crippen LogP contribution is 2.34. The first-order chi connectivity index (χ1) is 19.0. The minimum absolute atomic E-state index is 0.00284. The van der Waals surface area contributed by atoms with Gasteiger partial charge in [-0.25, -0.2) is 13.8 Å². The minimum atomic E-state index is -4.16. The minimum Gasteiger partial charge on any atom is -0.495 e. The topological polar surface area (TPSA) is 93.0 Å². The first-order valence-corrected chi connectivity index (χ1v) is 14.5. The van der Waals surface area contributed by atoms with Gasteiger partial charge in [-0.2, -0.15) is 5.10 Å². The second kappa shape index (κ2) is 12.3. The molecule has 12 heteroatoms. The van der Waals surface area contributed by atoms with Gasteiger partial charge in [-0.3, -0.25) is 9.10 Å². The summed E-state index contributed by atoms with van der Waals surface area (Å²) in [5.74, 6) is -0.439. The van der Waals surface area contributed by atoms with Crippen LogP contribution in [0.3, 0.4) is 0 Å². The summed E-state index contributed by atoms with van der Waals surface area (Å²) in [5, 5.41) is 5.24. The van der Waals surface area contributed by atoms with Crippen LogP contribution in [0, 0.1) is 13.8 Å². The van der Waals surface area contributed by atoms with Crippen LogP contribution in [0.2, 0.25) is 15.1 Å². The molecule has 4 aromatic rings. The molecule has 0 aliphatic carbocycles. The van der Waals surface area contributed by atoms with E-state index >= 15 is 0 Å². The number of methoxy groups -OCH3 is 1. The number of hydrogen-bond acceptors (Lipinski definition) is 5. The summed E-state index contributed by atoms with van der Waals surface area (Å²) < 4.78 is 35.5. The number of amides is 1. The van der Waals surface area contributed by atoms with Crippen molar-refractivity contribution in [3.8, 4) is 11.4 Å². The number of nitrogens with zero attached hydrogens (tertiary/aromatic N) is 3. The average molecular weight is 620 g/mol. The molecule has 0 saturated carbocycles. The Labute approximate surface area is 247 Å². The van der Waals surface area contributed by atoms with Crippen LogP contribution < -0.4 is 14.5 Å². The lowest BCUT2D eigenvalue weighted by Gasteiger charge is -2.25. The van der Waals surface area contributed by atoms with Crippen molar-refractivity contribution in [3.05, 3.63) is 105 Å². The second-order valence-corrected chi connectivity index (χ2v) is 11.8. The van der Waals surface area contributed by atoms with Gasteiger partial charge in [0.15, 0.2) is 0 Å². The third-order valence-corrected chi connectivity index (χ3v) is 8.80. The van der Waals surface area contributed by atoms with Crippen molar-refractivity contribution in [3.63, 3.8) is 0 Å². The summed E-state index contributed by atoms with van der Waals surface area (Å²) in [6.45, 7) is 3.25. The third-order valence-electron chi connectivity index (χ3n) is 6.05. The number of hydrogen-bond donors (Lipinski definition) is 1. The van der Waals surface area contributed by atoms with Crippen LogP contribution >= 0.6 is 34.8 Å². The van der Waals surface area contributed by atoms with Gasteiger partial charge in [0, 0.05) is 27.7 Å². The molecule has 8 nitrogen and oxygen atoms in total. The van der Waals surface area contributed by atoms with Gasteiger partial charge < -0.3 is 9.30 Å². The summed E-state index contributed by atoms with van der Waals surface area (Å²) in [6.07, 6.45) is 1.49. The van der Waals surface area contributed by atoms with Crippen molar-refractivity contribution in [1.82, 2.24) is 9.99 Å². The smallest absolute Gasteiger partial charge is 0.264 e. The molecule has 1 heterocycles. The number of aryl methyl sites for hydroxylation is 1. The molecule has 0 unspecified atom stereocenters. The first-order valence-electron chi connectivity index (χ1n) is 11.9. The Morgan fingerprint density at radius 1 is 1.00 bits per heavy atom. The molecule has 40 heavy (non-hydrogen) atoms. The molecule has 1 N–H and O–H groups in total. The fourth-order valence-electron chi connectivity index (χ4n) is 4.16. The summed E-state index contributed by atoms with van der Waals surface area (Å²) in [4.78, 5) is 13.0. The van der Waals surface area contributed by atoms with E-state index in [0.29, 0.717) is 10.0 Å². The number of benzene rings is 3.